The third-order valence-electron chi connectivity index (χ3n) is 4.09. The summed E-state index contributed by atoms with van der Waals surface area (Å²) in [6, 6.07) is 16.0. The molecular formula is C21H25N5O. The summed E-state index contributed by atoms with van der Waals surface area (Å²) in [6.45, 7) is 5.53. The molecule has 0 aliphatic rings. The number of H-pyrrole nitrogens is 1. The Bertz CT molecular complexity index is 883. The first-order valence-corrected chi connectivity index (χ1v) is 9.00. The summed E-state index contributed by atoms with van der Waals surface area (Å²) in [6.07, 6.45) is 2.52. The first-order valence-electron chi connectivity index (χ1n) is 9.00. The summed E-state index contributed by atoms with van der Waals surface area (Å²) in [5.41, 5.74) is 3.12. The lowest BCUT2D eigenvalue weighted by molar-refractivity contribution is 0.358. The van der Waals surface area contributed by atoms with Crippen molar-refractivity contribution in [3.8, 4) is 5.75 Å². The highest BCUT2D eigenvalue weighted by Crippen LogP contribution is 2.17. The van der Waals surface area contributed by atoms with Crippen LogP contribution in [0.4, 0.5) is 0 Å². The van der Waals surface area contributed by atoms with Gasteiger partial charge in [0, 0.05) is 32.1 Å². The molecule has 6 nitrogen and oxygen atoms in total. The zero-order valence-electron chi connectivity index (χ0n) is 15.5. The zero-order chi connectivity index (χ0) is 18.9. The second kappa shape index (κ2) is 9.43. The van der Waals surface area contributed by atoms with E-state index in [-0.39, 0.29) is 0 Å². The number of rotatable bonds is 8. The largest absolute Gasteiger partial charge is 0.489 e. The van der Waals surface area contributed by atoms with Gasteiger partial charge in [0.25, 0.3) is 0 Å². The summed E-state index contributed by atoms with van der Waals surface area (Å²) in [5, 5.41) is 6.63. The molecule has 3 aromatic rings. The van der Waals surface area contributed by atoms with Crippen LogP contribution in [-0.2, 0) is 13.0 Å². The van der Waals surface area contributed by atoms with Crippen molar-refractivity contribution in [2.24, 2.45) is 4.99 Å². The fraction of sp³-hybridized carbons (Fsp3) is 0.238. The second-order valence-electron chi connectivity index (χ2n) is 6.01. The molecule has 0 amide bonds. The van der Waals surface area contributed by atoms with Crippen LogP contribution >= 0.6 is 0 Å². The van der Waals surface area contributed by atoms with Gasteiger partial charge in [0.2, 0.25) is 0 Å². The van der Waals surface area contributed by atoms with Crippen molar-refractivity contribution in [3.05, 3.63) is 72.6 Å². The molecule has 0 aliphatic carbocycles. The molecule has 2 aromatic carbocycles. The van der Waals surface area contributed by atoms with E-state index < -0.39 is 0 Å². The van der Waals surface area contributed by atoms with Gasteiger partial charge in [-0.1, -0.05) is 43.0 Å². The minimum atomic E-state index is 0.488. The average molecular weight is 363 g/mol. The molecule has 0 spiro atoms. The average Bonchev–Trinajstić information content (AvgIpc) is 3.12. The quantitative estimate of drug-likeness (QED) is 0.327. The number of imidazole rings is 1. The van der Waals surface area contributed by atoms with Crippen LogP contribution in [0.2, 0.25) is 0 Å². The van der Waals surface area contributed by atoms with Crippen LogP contribution < -0.4 is 15.4 Å². The Morgan fingerprint density at radius 2 is 2.00 bits per heavy atom. The maximum absolute atomic E-state index is 5.69. The lowest BCUT2D eigenvalue weighted by Gasteiger charge is -2.14. The minimum absolute atomic E-state index is 0.488. The first kappa shape index (κ1) is 18.5. The lowest BCUT2D eigenvalue weighted by Crippen LogP contribution is -2.38. The number of nitrogens with one attached hydrogen (secondary N) is 3. The Kier molecular flexibility index (Phi) is 6.46. The molecule has 0 unspecified atom stereocenters. The smallest absolute Gasteiger partial charge is 0.191 e. The Morgan fingerprint density at radius 3 is 2.81 bits per heavy atom. The van der Waals surface area contributed by atoms with E-state index in [2.05, 4.69) is 32.2 Å². The molecule has 0 aliphatic heterocycles. The first-order chi connectivity index (χ1) is 13.3. The molecule has 0 atom stereocenters. The van der Waals surface area contributed by atoms with Crippen LogP contribution in [0.1, 0.15) is 11.4 Å². The van der Waals surface area contributed by atoms with E-state index in [1.807, 2.05) is 48.5 Å². The van der Waals surface area contributed by atoms with Crippen molar-refractivity contribution >= 4 is 17.0 Å². The standard InChI is InChI=1S/C21H25N5O/c1-3-14-27-19-11-7-4-8-16(19)15-24-21(22-2)23-13-12-20-25-17-9-5-6-10-18(17)26-20/h3-11H,1,12-15H2,2H3,(H,25,26)(H2,22,23,24). The van der Waals surface area contributed by atoms with E-state index in [4.69, 9.17) is 4.74 Å². The van der Waals surface area contributed by atoms with Gasteiger partial charge in [-0.25, -0.2) is 4.98 Å². The van der Waals surface area contributed by atoms with Crippen molar-refractivity contribution in [3.63, 3.8) is 0 Å². The zero-order valence-corrected chi connectivity index (χ0v) is 15.5. The normalized spacial score (nSPS) is 11.4. The number of aromatic amines is 1. The summed E-state index contributed by atoms with van der Waals surface area (Å²) in [4.78, 5) is 12.2. The summed E-state index contributed by atoms with van der Waals surface area (Å²) >= 11 is 0. The fourth-order valence-corrected chi connectivity index (χ4v) is 2.76. The number of hydrogen-bond donors (Lipinski definition) is 3. The van der Waals surface area contributed by atoms with E-state index in [9.17, 15) is 0 Å². The molecule has 1 heterocycles. The molecule has 6 heteroatoms. The highest BCUT2D eigenvalue weighted by atomic mass is 16.5. The number of fused-ring (bicyclic) bond motifs is 1. The number of hydrogen-bond acceptors (Lipinski definition) is 3. The number of benzene rings is 2. The lowest BCUT2D eigenvalue weighted by atomic mass is 10.2. The van der Waals surface area contributed by atoms with E-state index in [1.54, 1.807) is 13.1 Å². The van der Waals surface area contributed by atoms with E-state index in [0.29, 0.717) is 13.2 Å². The van der Waals surface area contributed by atoms with E-state index >= 15 is 0 Å². The minimum Gasteiger partial charge on any atom is -0.489 e. The number of ether oxygens (including phenoxy) is 1. The number of para-hydroxylation sites is 3. The Morgan fingerprint density at radius 1 is 1.19 bits per heavy atom. The van der Waals surface area contributed by atoms with E-state index in [1.165, 1.54) is 0 Å². The summed E-state index contributed by atoms with van der Waals surface area (Å²) in [5.74, 6) is 2.55. The molecule has 27 heavy (non-hydrogen) atoms. The van der Waals surface area contributed by atoms with Gasteiger partial charge in [-0.05, 0) is 18.2 Å². The third kappa shape index (κ3) is 5.10. The Hall–Kier alpha value is -3.28. The van der Waals surface area contributed by atoms with Crippen LogP contribution in [0.3, 0.4) is 0 Å². The monoisotopic (exact) mass is 363 g/mol. The van der Waals surface area contributed by atoms with Crippen LogP contribution in [-0.4, -0.2) is 36.1 Å². The number of aromatic nitrogens is 2. The van der Waals surface area contributed by atoms with Gasteiger partial charge in [0.1, 0.15) is 18.2 Å². The molecule has 0 saturated heterocycles. The Labute approximate surface area is 159 Å². The molecule has 1 aromatic heterocycles. The van der Waals surface area contributed by atoms with Crippen molar-refractivity contribution in [1.82, 2.24) is 20.6 Å². The summed E-state index contributed by atoms with van der Waals surface area (Å²) < 4.78 is 5.69. The Balaban J connectivity index is 1.50. The van der Waals surface area contributed by atoms with Gasteiger partial charge in [-0.2, -0.15) is 0 Å². The van der Waals surface area contributed by atoms with Crippen molar-refractivity contribution < 1.29 is 4.74 Å². The predicted octanol–water partition coefficient (Wildman–Crippen LogP) is 3.04. The predicted molar refractivity (Wildman–Crippen MR) is 110 cm³/mol. The van der Waals surface area contributed by atoms with Crippen molar-refractivity contribution in [1.29, 1.82) is 0 Å². The highest BCUT2D eigenvalue weighted by molar-refractivity contribution is 5.79. The van der Waals surface area contributed by atoms with E-state index in [0.717, 1.165) is 47.1 Å². The van der Waals surface area contributed by atoms with Crippen LogP contribution in [0, 0.1) is 0 Å². The molecule has 0 saturated carbocycles. The number of guanidine groups is 1. The van der Waals surface area contributed by atoms with Gasteiger partial charge in [-0.15, -0.1) is 0 Å². The summed E-state index contributed by atoms with van der Waals surface area (Å²) in [7, 11) is 1.76. The molecule has 0 bridgehead atoms. The molecule has 3 rings (SSSR count). The molecule has 0 fully saturated rings. The van der Waals surface area contributed by atoms with Crippen LogP contribution in [0.15, 0.2) is 66.2 Å². The molecule has 140 valence electrons. The maximum Gasteiger partial charge on any atom is 0.191 e. The molecule has 0 radical (unpaired) electrons. The van der Waals surface area contributed by atoms with Gasteiger partial charge < -0.3 is 20.4 Å². The van der Waals surface area contributed by atoms with Gasteiger partial charge in [0.15, 0.2) is 5.96 Å². The van der Waals surface area contributed by atoms with Gasteiger partial charge in [0.05, 0.1) is 11.0 Å². The number of nitrogens with zero attached hydrogens (tertiary/aromatic N) is 2. The van der Waals surface area contributed by atoms with Gasteiger partial charge >= 0.3 is 0 Å². The third-order valence-corrected chi connectivity index (χ3v) is 4.09. The number of aliphatic imine (C=N–C) groups is 1. The molecular weight excluding hydrogens is 338 g/mol. The maximum atomic E-state index is 5.69. The van der Waals surface area contributed by atoms with Crippen LogP contribution in [0.5, 0.6) is 5.75 Å². The fourth-order valence-electron chi connectivity index (χ4n) is 2.76. The highest BCUT2D eigenvalue weighted by Gasteiger charge is 2.05. The van der Waals surface area contributed by atoms with Crippen molar-refractivity contribution in [2.75, 3.05) is 20.2 Å². The second-order valence-corrected chi connectivity index (χ2v) is 6.01. The van der Waals surface area contributed by atoms with Gasteiger partial charge in [-0.3, -0.25) is 4.99 Å². The van der Waals surface area contributed by atoms with Crippen molar-refractivity contribution in [2.45, 2.75) is 13.0 Å². The van der Waals surface area contributed by atoms with Crippen LogP contribution in [0.25, 0.3) is 11.0 Å². The SMILES string of the molecule is C=CCOc1ccccc1CNC(=NC)NCCc1nc2ccccc2[nH]1. The molecule has 3 N–H and O–H groups in total. The topological polar surface area (TPSA) is 74.3 Å².